The molecule has 1 aromatic carbocycles. The van der Waals surface area contributed by atoms with E-state index in [-0.39, 0.29) is 0 Å². The quantitative estimate of drug-likeness (QED) is 0.904. The highest BCUT2D eigenvalue weighted by Gasteiger charge is 2.17. The largest absolute Gasteiger partial charge is 0.386 e. The molecule has 1 heterocycles. The molecule has 5 heteroatoms. The van der Waals surface area contributed by atoms with Crippen LogP contribution in [0.15, 0.2) is 24.3 Å². The molecule has 0 bridgehead atoms. The molecule has 20 heavy (non-hydrogen) atoms. The van der Waals surface area contributed by atoms with Crippen LogP contribution >= 0.6 is 23.2 Å². The number of benzene rings is 1. The van der Waals surface area contributed by atoms with Gasteiger partial charge in [-0.2, -0.15) is 5.10 Å². The molecule has 0 aliphatic heterocycles. The number of aromatic nitrogens is 2. The standard InChI is InChI=1S/C15H18Cl2N2O/c1-3-11-9-13(19(4-2)18-11)14(20)8-10-6-5-7-12(16)15(10)17/h5-7,9,14,20H,3-4,8H2,1-2H3. The molecular weight excluding hydrogens is 295 g/mol. The highest BCUT2D eigenvalue weighted by atomic mass is 35.5. The highest BCUT2D eigenvalue weighted by Crippen LogP contribution is 2.29. The van der Waals surface area contributed by atoms with E-state index in [1.807, 2.05) is 36.7 Å². The minimum absolute atomic E-state index is 0.425. The first-order chi connectivity index (χ1) is 9.56. The van der Waals surface area contributed by atoms with Gasteiger partial charge in [-0.3, -0.25) is 4.68 Å². The fourth-order valence-electron chi connectivity index (χ4n) is 2.20. The molecule has 108 valence electrons. The van der Waals surface area contributed by atoms with Gasteiger partial charge >= 0.3 is 0 Å². The molecule has 1 aromatic heterocycles. The van der Waals surface area contributed by atoms with E-state index in [2.05, 4.69) is 5.10 Å². The van der Waals surface area contributed by atoms with E-state index in [0.717, 1.165) is 29.9 Å². The summed E-state index contributed by atoms with van der Waals surface area (Å²) in [5.41, 5.74) is 2.65. The molecule has 2 rings (SSSR count). The minimum Gasteiger partial charge on any atom is -0.386 e. The molecule has 0 radical (unpaired) electrons. The Hall–Kier alpha value is -1.03. The number of aliphatic hydroxyl groups is 1. The Kier molecular flexibility index (Phi) is 5.08. The van der Waals surface area contributed by atoms with Crippen LogP contribution in [0.5, 0.6) is 0 Å². The lowest BCUT2D eigenvalue weighted by molar-refractivity contribution is 0.167. The topological polar surface area (TPSA) is 38.0 Å². The van der Waals surface area contributed by atoms with Crippen LogP contribution in [0.1, 0.15) is 36.9 Å². The van der Waals surface area contributed by atoms with E-state index in [9.17, 15) is 5.11 Å². The number of aryl methyl sites for hydroxylation is 2. The van der Waals surface area contributed by atoms with Crippen molar-refractivity contribution in [1.82, 2.24) is 9.78 Å². The summed E-state index contributed by atoms with van der Waals surface area (Å²) in [7, 11) is 0. The molecule has 1 unspecified atom stereocenters. The lowest BCUT2D eigenvalue weighted by Crippen LogP contribution is -2.10. The van der Waals surface area contributed by atoms with Crippen molar-refractivity contribution in [3.05, 3.63) is 51.3 Å². The van der Waals surface area contributed by atoms with Gasteiger partial charge < -0.3 is 5.11 Å². The molecule has 0 aliphatic carbocycles. The molecule has 1 atom stereocenters. The predicted molar refractivity (Wildman–Crippen MR) is 82.4 cm³/mol. The third-order valence-electron chi connectivity index (χ3n) is 3.31. The van der Waals surface area contributed by atoms with E-state index in [1.54, 1.807) is 6.07 Å². The number of hydrogen-bond donors (Lipinski definition) is 1. The molecule has 0 fully saturated rings. The summed E-state index contributed by atoms with van der Waals surface area (Å²) in [6.45, 7) is 4.79. The monoisotopic (exact) mass is 312 g/mol. The van der Waals surface area contributed by atoms with Crippen molar-refractivity contribution in [1.29, 1.82) is 0 Å². The van der Waals surface area contributed by atoms with Gasteiger partial charge in [0.1, 0.15) is 0 Å². The third-order valence-corrected chi connectivity index (χ3v) is 4.17. The van der Waals surface area contributed by atoms with Crippen LogP contribution in [0, 0.1) is 0 Å². The zero-order chi connectivity index (χ0) is 14.7. The van der Waals surface area contributed by atoms with Crippen LogP contribution in [0.25, 0.3) is 0 Å². The van der Waals surface area contributed by atoms with Crippen LogP contribution in [0.2, 0.25) is 10.0 Å². The normalized spacial score (nSPS) is 12.7. The maximum absolute atomic E-state index is 10.4. The zero-order valence-corrected chi connectivity index (χ0v) is 13.1. The number of hydrogen-bond acceptors (Lipinski definition) is 2. The van der Waals surface area contributed by atoms with Crippen LogP contribution in [-0.4, -0.2) is 14.9 Å². The average molecular weight is 313 g/mol. The van der Waals surface area contributed by atoms with Crippen LogP contribution in [0.4, 0.5) is 0 Å². The summed E-state index contributed by atoms with van der Waals surface area (Å²) in [6.07, 6.45) is 0.637. The molecule has 3 nitrogen and oxygen atoms in total. The second-order valence-corrected chi connectivity index (χ2v) is 5.45. The van der Waals surface area contributed by atoms with Crippen molar-refractivity contribution < 1.29 is 5.11 Å². The van der Waals surface area contributed by atoms with E-state index >= 15 is 0 Å². The molecule has 1 N–H and O–H groups in total. The van der Waals surface area contributed by atoms with Gasteiger partial charge in [0.15, 0.2) is 0 Å². The van der Waals surface area contributed by atoms with Crippen molar-refractivity contribution in [2.45, 2.75) is 39.3 Å². The summed E-state index contributed by atoms with van der Waals surface area (Å²) in [4.78, 5) is 0. The maximum atomic E-state index is 10.4. The Balaban J connectivity index is 2.25. The Morgan fingerprint density at radius 1 is 1.30 bits per heavy atom. The van der Waals surface area contributed by atoms with E-state index < -0.39 is 6.10 Å². The van der Waals surface area contributed by atoms with Gasteiger partial charge in [0, 0.05) is 13.0 Å². The number of nitrogens with zero attached hydrogens (tertiary/aromatic N) is 2. The average Bonchev–Trinajstić information content (AvgIpc) is 2.87. The van der Waals surface area contributed by atoms with Crippen molar-refractivity contribution in [3.8, 4) is 0 Å². The molecule has 0 aliphatic rings. The first kappa shape index (κ1) is 15.4. The third kappa shape index (κ3) is 3.17. The van der Waals surface area contributed by atoms with Crippen molar-refractivity contribution in [2.24, 2.45) is 0 Å². The Bertz CT molecular complexity index is 596. The summed E-state index contributed by atoms with van der Waals surface area (Å²) in [5.74, 6) is 0. The molecule has 0 saturated carbocycles. The van der Waals surface area contributed by atoms with Crippen molar-refractivity contribution >= 4 is 23.2 Å². The first-order valence-corrected chi connectivity index (χ1v) is 7.50. The summed E-state index contributed by atoms with van der Waals surface area (Å²) in [5, 5.41) is 15.9. The Morgan fingerprint density at radius 3 is 2.70 bits per heavy atom. The van der Waals surface area contributed by atoms with E-state index in [4.69, 9.17) is 23.2 Å². The van der Waals surface area contributed by atoms with Crippen LogP contribution < -0.4 is 0 Å². The Labute approximate surface area is 129 Å². The number of aliphatic hydroxyl groups excluding tert-OH is 1. The fraction of sp³-hybridized carbons (Fsp3) is 0.400. The van der Waals surface area contributed by atoms with Gasteiger partial charge in [0.25, 0.3) is 0 Å². The van der Waals surface area contributed by atoms with Gasteiger partial charge in [-0.15, -0.1) is 0 Å². The van der Waals surface area contributed by atoms with Crippen LogP contribution in [-0.2, 0) is 19.4 Å². The summed E-state index contributed by atoms with van der Waals surface area (Å²) >= 11 is 12.2. The number of rotatable bonds is 5. The van der Waals surface area contributed by atoms with Gasteiger partial charge in [-0.05, 0) is 31.0 Å². The summed E-state index contributed by atoms with van der Waals surface area (Å²) < 4.78 is 1.84. The second kappa shape index (κ2) is 6.61. The van der Waals surface area contributed by atoms with Crippen molar-refractivity contribution in [3.63, 3.8) is 0 Å². The molecule has 2 aromatic rings. The van der Waals surface area contributed by atoms with E-state index in [0.29, 0.717) is 16.5 Å². The van der Waals surface area contributed by atoms with E-state index in [1.165, 1.54) is 0 Å². The fourth-order valence-corrected chi connectivity index (χ4v) is 2.60. The first-order valence-electron chi connectivity index (χ1n) is 6.74. The Morgan fingerprint density at radius 2 is 2.05 bits per heavy atom. The molecule has 0 spiro atoms. The smallest absolute Gasteiger partial charge is 0.0997 e. The van der Waals surface area contributed by atoms with Gasteiger partial charge in [0.2, 0.25) is 0 Å². The van der Waals surface area contributed by atoms with Gasteiger partial charge in [-0.25, -0.2) is 0 Å². The second-order valence-electron chi connectivity index (χ2n) is 4.66. The zero-order valence-electron chi connectivity index (χ0n) is 11.6. The summed E-state index contributed by atoms with van der Waals surface area (Å²) in [6, 6.07) is 7.41. The predicted octanol–water partition coefficient (Wildman–Crippen LogP) is 4.05. The lowest BCUT2D eigenvalue weighted by atomic mass is 10.1. The maximum Gasteiger partial charge on any atom is 0.0997 e. The number of halogens is 2. The van der Waals surface area contributed by atoms with Gasteiger partial charge in [0.05, 0.1) is 27.5 Å². The molecular formula is C15H18Cl2N2O. The minimum atomic E-state index is -0.640. The molecule has 0 saturated heterocycles. The van der Waals surface area contributed by atoms with Crippen LogP contribution in [0.3, 0.4) is 0 Å². The highest BCUT2D eigenvalue weighted by molar-refractivity contribution is 6.42. The van der Waals surface area contributed by atoms with Gasteiger partial charge in [-0.1, -0.05) is 42.3 Å². The SMILES string of the molecule is CCc1cc(C(O)Cc2cccc(Cl)c2Cl)n(CC)n1. The lowest BCUT2D eigenvalue weighted by Gasteiger charge is -2.13. The van der Waals surface area contributed by atoms with Crippen molar-refractivity contribution in [2.75, 3.05) is 0 Å². The molecule has 0 amide bonds.